The van der Waals surface area contributed by atoms with Crippen LogP contribution in [0.5, 0.6) is 5.75 Å². The largest absolute Gasteiger partial charge is 0.489 e. The summed E-state index contributed by atoms with van der Waals surface area (Å²) in [6.07, 6.45) is 3.84. The highest BCUT2D eigenvalue weighted by Gasteiger charge is 2.64. The lowest BCUT2D eigenvalue weighted by Crippen LogP contribution is -2.74. The number of aryl methyl sites for hydroxylation is 1. The predicted molar refractivity (Wildman–Crippen MR) is 124 cm³/mol. The summed E-state index contributed by atoms with van der Waals surface area (Å²) in [6.45, 7) is 8.46. The number of benzene rings is 1. The monoisotopic (exact) mass is 455 g/mol. The van der Waals surface area contributed by atoms with Crippen LogP contribution in [-0.4, -0.2) is 34.8 Å². The summed E-state index contributed by atoms with van der Waals surface area (Å²) in [5.74, 6) is 0.441. The van der Waals surface area contributed by atoms with Crippen LogP contribution >= 0.6 is 11.6 Å². The number of amides is 1. The van der Waals surface area contributed by atoms with Crippen LogP contribution in [0.3, 0.4) is 0 Å². The maximum absolute atomic E-state index is 12.9. The van der Waals surface area contributed by atoms with Gasteiger partial charge >= 0.3 is 0 Å². The lowest BCUT2D eigenvalue weighted by Gasteiger charge is -2.63. The average molecular weight is 456 g/mol. The zero-order valence-electron chi connectivity index (χ0n) is 19.0. The first-order valence-corrected chi connectivity index (χ1v) is 11.2. The SMILES string of the molecule is CC1(C)[C@H](NC(=O)c2ccc(CCCCO)nc2)C(C)(C)[C@H]1Oc1ccc(C#N)c(Cl)c1. The van der Waals surface area contributed by atoms with Crippen LogP contribution in [0.25, 0.3) is 0 Å². The molecule has 0 aliphatic heterocycles. The van der Waals surface area contributed by atoms with Crippen molar-refractivity contribution < 1.29 is 14.6 Å². The van der Waals surface area contributed by atoms with E-state index in [-0.39, 0.29) is 35.5 Å². The number of unbranched alkanes of at least 4 members (excludes halogenated alkanes) is 1. The molecule has 1 heterocycles. The third-order valence-electron chi connectivity index (χ3n) is 6.36. The van der Waals surface area contributed by atoms with Crippen LogP contribution in [0.15, 0.2) is 36.5 Å². The van der Waals surface area contributed by atoms with Gasteiger partial charge in [0.1, 0.15) is 17.9 Å². The molecule has 170 valence electrons. The topological polar surface area (TPSA) is 95.2 Å². The fourth-order valence-electron chi connectivity index (χ4n) is 4.93. The second kappa shape index (κ2) is 9.48. The Morgan fingerprint density at radius 3 is 2.50 bits per heavy atom. The molecule has 1 fully saturated rings. The number of ether oxygens (including phenoxy) is 1. The van der Waals surface area contributed by atoms with Crippen molar-refractivity contribution in [3.8, 4) is 11.8 Å². The molecule has 0 atom stereocenters. The molecule has 2 aromatic rings. The number of carbonyl (C=O) groups is 1. The molecule has 3 rings (SSSR count). The molecule has 1 aromatic carbocycles. The number of nitrogens with zero attached hydrogens (tertiary/aromatic N) is 2. The minimum absolute atomic E-state index is 0.106. The first kappa shape index (κ1) is 24.0. The third kappa shape index (κ3) is 4.74. The van der Waals surface area contributed by atoms with E-state index in [0.29, 0.717) is 21.9 Å². The van der Waals surface area contributed by atoms with Crippen molar-refractivity contribution in [2.24, 2.45) is 10.8 Å². The number of rotatable bonds is 8. The maximum atomic E-state index is 12.9. The Kier molecular flexibility index (Phi) is 7.12. The molecular formula is C25H30ClN3O3. The van der Waals surface area contributed by atoms with Gasteiger partial charge in [-0.2, -0.15) is 5.26 Å². The van der Waals surface area contributed by atoms with Crippen molar-refractivity contribution in [1.82, 2.24) is 10.3 Å². The van der Waals surface area contributed by atoms with Gasteiger partial charge < -0.3 is 15.2 Å². The number of halogens is 1. The predicted octanol–water partition coefficient (Wildman–Crippen LogP) is 4.53. The van der Waals surface area contributed by atoms with Crippen LogP contribution in [0, 0.1) is 22.2 Å². The Morgan fingerprint density at radius 2 is 1.94 bits per heavy atom. The van der Waals surface area contributed by atoms with Gasteiger partial charge in [-0.25, -0.2) is 0 Å². The molecule has 32 heavy (non-hydrogen) atoms. The van der Waals surface area contributed by atoms with Crippen molar-refractivity contribution in [2.75, 3.05) is 6.61 Å². The van der Waals surface area contributed by atoms with Gasteiger partial charge in [0.25, 0.3) is 5.91 Å². The summed E-state index contributed by atoms with van der Waals surface area (Å²) in [5.41, 5.74) is 1.19. The van der Waals surface area contributed by atoms with Crippen molar-refractivity contribution in [2.45, 2.75) is 59.1 Å². The van der Waals surface area contributed by atoms with Gasteiger partial charge in [-0.1, -0.05) is 39.3 Å². The second-order valence-electron chi connectivity index (χ2n) is 9.52. The fourth-order valence-corrected chi connectivity index (χ4v) is 5.15. The van der Waals surface area contributed by atoms with Crippen LogP contribution in [0.1, 0.15) is 62.2 Å². The van der Waals surface area contributed by atoms with E-state index < -0.39 is 0 Å². The lowest BCUT2D eigenvalue weighted by atomic mass is 9.49. The Morgan fingerprint density at radius 1 is 1.22 bits per heavy atom. The number of aromatic nitrogens is 1. The number of aliphatic hydroxyl groups is 1. The fraction of sp³-hybridized carbons (Fsp3) is 0.480. The Bertz CT molecular complexity index is 996. The van der Waals surface area contributed by atoms with E-state index in [1.807, 2.05) is 12.1 Å². The van der Waals surface area contributed by atoms with E-state index in [1.165, 1.54) is 0 Å². The van der Waals surface area contributed by atoms with E-state index in [0.717, 1.165) is 25.0 Å². The molecule has 1 saturated carbocycles. The van der Waals surface area contributed by atoms with Gasteiger partial charge in [0, 0.05) is 41.4 Å². The molecule has 0 bridgehead atoms. The van der Waals surface area contributed by atoms with Crippen LogP contribution in [0.4, 0.5) is 0 Å². The molecule has 0 radical (unpaired) electrons. The van der Waals surface area contributed by atoms with E-state index in [9.17, 15) is 4.79 Å². The van der Waals surface area contributed by atoms with Gasteiger partial charge in [-0.3, -0.25) is 9.78 Å². The van der Waals surface area contributed by atoms with Gasteiger partial charge in [0.2, 0.25) is 0 Å². The van der Waals surface area contributed by atoms with E-state index in [2.05, 4.69) is 38.0 Å². The summed E-state index contributed by atoms with van der Waals surface area (Å²) in [6, 6.07) is 10.7. The molecule has 0 spiro atoms. The zero-order valence-corrected chi connectivity index (χ0v) is 19.7. The van der Waals surface area contributed by atoms with Crippen LogP contribution < -0.4 is 10.1 Å². The third-order valence-corrected chi connectivity index (χ3v) is 6.67. The number of hydrogen-bond acceptors (Lipinski definition) is 5. The van der Waals surface area contributed by atoms with Gasteiger partial charge in [0.15, 0.2) is 0 Å². The Labute approximate surface area is 194 Å². The number of hydrogen-bond donors (Lipinski definition) is 2. The van der Waals surface area contributed by atoms with Crippen molar-refractivity contribution in [3.05, 3.63) is 58.4 Å². The molecule has 1 aliphatic rings. The summed E-state index contributed by atoms with van der Waals surface area (Å²) in [4.78, 5) is 17.3. The molecular weight excluding hydrogens is 426 g/mol. The number of nitrogens with one attached hydrogen (secondary N) is 1. The highest BCUT2D eigenvalue weighted by Crippen LogP contribution is 2.55. The molecule has 1 aromatic heterocycles. The molecule has 1 aliphatic carbocycles. The van der Waals surface area contributed by atoms with Gasteiger partial charge in [-0.15, -0.1) is 0 Å². The standard InChI is InChI=1S/C25H30ClN3O3/c1-24(2)22(29-21(31)17-8-10-18(28-15-17)7-5-6-12-30)25(3,4)23(24)32-19-11-9-16(14-27)20(26)13-19/h8-11,13,15,22-23,30H,5-7,12H2,1-4H3,(H,29,31)/t22-,23-. The van der Waals surface area contributed by atoms with Crippen LogP contribution in [0.2, 0.25) is 5.02 Å². The normalized spacial score (nSPS) is 20.7. The van der Waals surface area contributed by atoms with Crippen molar-refractivity contribution >= 4 is 17.5 Å². The lowest BCUT2D eigenvalue weighted by molar-refractivity contribution is -0.164. The molecule has 0 unspecified atom stereocenters. The molecule has 0 saturated heterocycles. The first-order chi connectivity index (χ1) is 15.1. The number of pyridine rings is 1. The minimum Gasteiger partial charge on any atom is -0.489 e. The van der Waals surface area contributed by atoms with Crippen LogP contribution in [-0.2, 0) is 6.42 Å². The van der Waals surface area contributed by atoms with Gasteiger partial charge in [0.05, 0.1) is 16.1 Å². The minimum atomic E-state index is -0.322. The second-order valence-corrected chi connectivity index (χ2v) is 9.93. The highest BCUT2D eigenvalue weighted by molar-refractivity contribution is 6.31. The van der Waals surface area contributed by atoms with Crippen molar-refractivity contribution in [3.63, 3.8) is 0 Å². The van der Waals surface area contributed by atoms with E-state index in [4.69, 9.17) is 26.7 Å². The number of aliphatic hydroxyl groups excluding tert-OH is 1. The molecule has 6 nitrogen and oxygen atoms in total. The molecule has 2 N–H and O–H groups in total. The quantitative estimate of drug-likeness (QED) is 0.570. The zero-order chi connectivity index (χ0) is 23.5. The van der Waals surface area contributed by atoms with E-state index in [1.54, 1.807) is 30.5 Å². The smallest absolute Gasteiger partial charge is 0.253 e. The van der Waals surface area contributed by atoms with Gasteiger partial charge in [-0.05, 0) is 43.5 Å². The van der Waals surface area contributed by atoms with E-state index >= 15 is 0 Å². The molecule has 7 heteroatoms. The average Bonchev–Trinajstić information content (AvgIpc) is 2.76. The maximum Gasteiger partial charge on any atom is 0.253 e. The first-order valence-electron chi connectivity index (χ1n) is 10.8. The highest BCUT2D eigenvalue weighted by atomic mass is 35.5. The Balaban J connectivity index is 1.67. The summed E-state index contributed by atoms with van der Waals surface area (Å²) in [5, 5.41) is 21.5. The summed E-state index contributed by atoms with van der Waals surface area (Å²) in [7, 11) is 0. The summed E-state index contributed by atoms with van der Waals surface area (Å²) < 4.78 is 6.27. The number of carbonyl (C=O) groups excluding carboxylic acids is 1. The Hall–Kier alpha value is -2.62. The van der Waals surface area contributed by atoms with Crippen molar-refractivity contribution in [1.29, 1.82) is 5.26 Å². The summed E-state index contributed by atoms with van der Waals surface area (Å²) >= 11 is 6.15. The number of nitriles is 1. The molecule has 1 amide bonds.